The average molecular weight is 333 g/mol. The highest BCUT2D eigenvalue weighted by Crippen LogP contribution is 2.27. The Morgan fingerprint density at radius 1 is 1.22 bits per heavy atom. The molecule has 6 heteroatoms. The van der Waals surface area contributed by atoms with Crippen LogP contribution in [0.2, 0.25) is 5.02 Å². The minimum Gasteiger partial charge on any atom is -0.366 e. The topological polar surface area (TPSA) is 52.2 Å². The van der Waals surface area contributed by atoms with Gasteiger partial charge in [-0.15, -0.1) is 0 Å². The van der Waals surface area contributed by atoms with Gasteiger partial charge in [0.2, 0.25) is 0 Å². The second kappa shape index (κ2) is 6.72. The maximum absolute atomic E-state index is 11.6. The van der Waals surface area contributed by atoms with Crippen molar-refractivity contribution in [3.8, 4) is 0 Å². The Labute approximate surface area is 140 Å². The highest BCUT2D eigenvalue weighted by Gasteiger charge is 2.24. The number of nitrogens with zero attached hydrogens (tertiary/aromatic N) is 3. The molecule has 0 amide bonds. The molecule has 0 spiro atoms. The molecule has 0 radical (unpaired) electrons. The molecule has 122 valence electrons. The summed E-state index contributed by atoms with van der Waals surface area (Å²) in [7, 11) is 0. The molecular weight excluding hydrogens is 312 g/mol. The van der Waals surface area contributed by atoms with Crippen molar-refractivity contribution in [1.29, 1.82) is 0 Å². The van der Waals surface area contributed by atoms with Crippen LogP contribution in [0.25, 0.3) is 0 Å². The summed E-state index contributed by atoms with van der Waals surface area (Å²) in [5, 5.41) is 6.44. The van der Waals surface area contributed by atoms with Gasteiger partial charge in [-0.25, -0.2) is 5.10 Å². The molecule has 1 N–H and O–H groups in total. The van der Waals surface area contributed by atoms with Gasteiger partial charge < -0.3 is 4.90 Å². The predicted molar refractivity (Wildman–Crippen MR) is 93.2 cm³/mol. The van der Waals surface area contributed by atoms with Gasteiger partial charge in [0.15, 0.2) is 0 Å². The van der Waals surface area contributed by atoms with E-state index >= 15 is 0 Å². The number of H-pyrrole nitrogens is 1. The first-order valence-electron chi connectivity index (χ1n) is 7.85. The Morgan fingerprint density at radius 2 is 1.91 bits per heavy atom. The third kappa shape index (κ3) is 3.26. The SMILES string of the molecule is Cc1ccccc1[C@@H](C)N1CCN(c2cn[nH]c(=O)c2Cl)CC1. The summed E-state index contributed by atoms with van der Waals surface area (Å²) in [6.45, 7) is 7.93. The monoisotopic (exact) mass is 332 g/mol. The van der Waals surface area contributed by atoms with E-state index in [2.05, 4.69) is 58.1 Å². The van der Waals surface area contributed by atoms with E-state index in [-0.39, 0.29) is 10.6 Å². The number of aryl methyl sites for hydroxylation is 1. The fraction of sp³-hybridized carbons (Fsp3) is 0.412. The lowest BCUT2D eigenvalue weighted by atomic mass is 10.0. The molecule has 0 bridgehead atoms. The maximum atomic E-state index is 11.6. The number of hydrogen-bond acceptors (Lipinski definition) is 4. The molecule has 1 aliphatic heterocycles. The van der Waals surface area contributed by atoms with E-state index in [1.54, 1.807) is 6.20 Å². The van der Waals surface area contributed by atoms with Gasteiger partial charge in [-0.1, -0.05) is 35.9 Å². The molecular formula is C17H21ClN4O. The van der Waals surface area contributed by atoms with Gasteiger partial charge in [-0.05, 0) is 25.0 Å². The first-order chi connectivity index (χ1) is 11.1. The summed E-state index contributed by atoms with van der Waals surface area (Å²) in [6.07, 6.45) is 1.63. The molecule has 2 aromatic rings. The second-order valence-corrected chi connectivity index (χ2v) is 6.33. The fourth-order valence-corrected chi connectivity index (χ4v) is 3.41. The Bertz CT molecular complexity index is 737. The zero-order valence-corrected chi connectivity index (χ0v) is 14.2. The van der Waals surface area contributed by atoms with E-state index in [4.69, 9.17) is 11.6 Å². The standard InChI is InChI=1S/C17H21ClN4O/c1-12-5-3-4-6-14(12)13(2)21-7-9-22(10-8-21)15-11-19-20-17(23)16(15)18/h3-6,11,13H,7-10H2,1-2H3,(H,20,23)/t13-/m1/s1. The molecule has 1 aromatic carbocycles. The van der Waals surface area contributed by atoms with Crippen molar-refractivity contribution in [2.45, 2.75) is 19.9 Å². The van der Waals surface area contributed by atoms with Crippen LogP contribution in [0.1, 0.15) is 24.1 Å². The van der Waals surface area contributed by atoms with Gasteiger partial charge in [-0.3, -0.25) is 9.69 Å². The second-order valence-electron chi connectivity index (χ2n) is 5.95. The van der Waals surface area contributed by atoms with Crippen LogP contribution in [-0.4, -0.2) is 41.3 Å². The summed E-state index contributed by atoms with van der Waals surface area (Å²) in [5.41, 5.74) is 3.08. The quantitative estimate of drug-likeness (QED) is 0.938. The molecule has 1 aliphatic rings. The highest BCUT2D eigenvalue weighted by atomic mass is 35.5. The lowest BCUT2D eigenvalue weighted by Gasteiger charge is -2.39. The number of hydrogen-bond donors (Lipinski definition) is 1. The van der Waals surface area contributed by atoms with Crippen molar-refractivity contribution in [2.24, 2.45) is 0 Å². The molecule has 0 unspecified atom stereocenters. The minimum atomic E-state index is -0.333. The van der Waals surface area contributed by atoms with Crippen molar-refractivity contribution in [2.75, 3.05) is 31.1 Å². The van der Waals surface area contributed by atoms with Crippen LogP contribution in [0, 0.1) is 6.92 Å². The zero-order valence-electron chi connectivity index (χ0n) is 13.4. The van der Waals surface area contributed by atoms with Crippen LogP contribution in [0.4, 0.5) is 5.69 Å². The van der Waals surface area contributed by atoms with Gasteiger partial charge in [0, 0.05) is 32.2 Å². The highest BCUT2D eigenvalue weighted by molar-refractivity contribution is 6.32. The molecule has 1 saturated heterocycles. The van der Waals surface area contributed by atoms with Crippen LogP contribution >= 0.6 is 11.6 Å². The molecule has 3 rings (SSSR count). The Balaban J connectivity index is 1.70. The molecule has 2 heterocycles. The lowest BCUT2D eigenvalue weighted by Crippen LogP contribution is -2.47. The largest absolute Gasteiger partial charge is 0.366 e. The van der Waals surface area contributed by atoms with E-state index in [1.165, 1.54) is 11.1 Å². The van der Waals surface area contributed by atoms with Crippen molar-refractivity contribution < 1.29 is 0 Å². The summed E-state index contributed by atoms with van der Waals surface area (Å²) < 4.78 is 0. The third-order valence-corrected chi connectivity index (χ3v) is 4.98. The normalized spacial score (nSPS) is 17.3. The van der Waals surface area contributed by atoms with Gasteiger partial charge in [-0.2, -0.15) is 5.10 Å². The van der Waals surface area contributed by atoms with Gasteiger partial charge in [0.25, 0.3) is 5.56 Å². The number of benzene rings is 1. The van der Waals surface area contributed by atoms with Crippen molar-refractivity contribution in [1.82, 2.24) is 15.1 Å². The predicted octanol–water partition coefficient (Wildman–Crippen LogP) is 2.61. The van der Waals surface area contributed by atoms with Crippen LogP contribution in [0.15, 0.2) is 35.3 Å². The molecule has 23 heavy (non-hydrogen) atoms. The molecule has 5 nitrogen and oxygen atoms in total. The third-order valence-electron chi connectivity index (χ3n) is 4.62. The van der Waals surface area contributed by atoms with Gasteiger partial charge in [0.1, 0.15) is 5.02 Å². The van der Waals surface area contributed by atoms with Crippen molar-refractivity contribution in [3.63, 3.8) is 0 Å². The Hall–Kier alpha value is -1.85. The summed E-state index contributed by atoms with van der Waals surface area (Å²) in [6, 6.07) is 8.90. The number of halogens is 1. The Morgan fingerprint density at radius 3 is 2.61 bits per heavy atom. The summed E-state index contributed by atoms with van der Waals surface area (Å²) >= 11 is 6.10. The van der Waals surface area contributed by atoms with E-state index in [1.807, 2.05) is 0 Å². The molecule has 1 atom stereocenters. The smallest absolute Gasteiger partial charge is 0.285 e. The van der Waals surface area contributed by atoms with Crippen molar-refractivity contribution in [3.05, 3.63) is 57.0 Å². The minimum absolute atomic E-state index is 0.223. The average Bonchev–Trinajstić information content (AvgIpc) is 2.57. The van der Waals surface area contributed by atoms with E-state index < -0.39 is 0 Å². The fourth-order valence-electron chi connectivity index (χ4n) is 3.20. The van der Waals surface area contributed by atoms with E-state index in [9.17, 15) is 4.79 Å². The molecule has 1 fully saturated rings. The number of piperazine rings is 1. The van der Waals surface area contributed by atoms with Crippen LogP contribution in [0.5, 0.6) is 0 Å². The van der Waals surface area contributed by atoms with Crippen molar-refractivity contribution >= 4 is 17.3 Å². The van der Waals surface area contributed by atoms with E-state index in [0.717, 1.165) is 31.9 Å². The number of aromatic nitrogens is 2. The summed E-state index contributed by atoms with van der Waals surface area (Å²) in [4.78, 5) is 16.2. The summed E-state index contributed by atoms with van der Waals surface area (Å²) in [5.74, 6) is 0. The lowest BCUT2D eigenvalue weighted by molar-refractivity contribution is 0.198. The van der Waals surface area contributed by atoms with Crippen LogP contribution in [-0.2, 0) is 0 Å². The number of anilines is 1. The van der Waals surface area contributed by atoms with Gasteiger partial charge >= 0.3 is 0 Å². The van der Waals surface area contributed by atoms with E-state index in [0.29, 0.717) is 6.04 Å². The Kier molecular flexibility index (Phi) is 4.68. The number of aromatic amines is 1. The zero-order chi connectivity index (χ0) is 16.4. The molecule has 0 aliphatic carbocycles. The first-order valence-corrected chi connectivity index (χ1v) is 8.23. The number of rotatable bonds is 3. The number of nitrogens with one attached hydrogen (secondary N) is 1. The molecule has 1 aromatic heterocycles. The van der Waals surface area contributed by atoms with Crippen LogP contribution in [0.3, 0.4) is 0 Å². The first kappa shape index (κ1) is 16.0. The molecule has 0 saturated carbocycles. The maximum Gasteiger partial charge on any atom is 0.285 e. The van der Waals surface area contributed by atoms with Gasteiger partial charge in [0.05, 0.1) is 11.9 Å². The van der Waals surface area contributed by atoms with Crippen LogP contribution < -0.4 is 10.5 Å².